The third-order valence-corrected chi connectivity index (χ3v) is 13.0. The normalized spacial score (nSPS) is 36.0. The molecule has 59 heavy (non-hydrogen) atoms. The molecule has 2 unspecified atom stereocenters. The summed E-state index contributed by atoms with van der Waals surface area (Å²) in [6.45, 7) is 20.4. The molecular weight excluding hydrogens is 766 g/mol. The largest absolute Gasteiger partial charge is 0.457 e. The predicted octanol–water partition coefficient (Wildman–Crippen LogP) is 4.30. The van der Waals surface area contributed by atoms with Crippen LogP contribution in [-0.4, -0.2) is 118 Å². The first kappa shape index (κ1) is 44.7. The fraction of sp³-hybridized carbons (Fsp3) is 0.682. The molecule has 0 bridgehead atoms. The summed E-state index contributed by atoms with van der Waals surface area (Å²) in [4.78, 5) is 54.4. The van der Waals surface area contributed by atoms with Gasteiger partial charge in [0.2, 0.25) is 0 Å². The molecule has 0 radical (unpaired) electrons. The van der Waals surface area contributed by atoms with E-state index < -0.39 is 113 Å². The number of benzene rings is 1. The summed E-state index contributed by atoms with van der Waals surface area (Å²) in [6.07, 6.45) is -8.77. The van der Waals surface area contributed by atoms with Gasteiger partial charge < -0.3 is 53.8 Å². The summed E-state index contributed by atoms with van der Waals surface area (Å²) < 4.78 is 43.7. The van der Waals surface area contributed by atoms with Crippen molar-refractivity contribution in [1.82, 2.24) is 5.32 Å². The molecule has 0 spiro atoms. The zero-order chi connectivity index (χ0) is 43.6. The van der Waals surface area contributed by atoms with E-state index in [0.29, 0.717) is 5.57 Å². The molecule has 13 atom stereocenters. The number of hydrogen-bond donors (Lipinski definition) is 4. The Hall–Kier alpha value is -3.86. The molecule has 2 saturated heterocycles. The van der Waals surface area contributed by atoms with Gasteiger partial charge in [0, 0.05) is 25.2 Å². The predicted molar refractivity (Wildman–Crippen MR) is 210 cm³/mol. The Morgan fingerprint density at radius 1 is 1.05 bits per heavy atom. The molecule has 2 saturated carbocycles. The van der Waals surface area contributed by atoms with Gasteiger partial charge in [0.1, 0.15) is 30.0 Å². The number of alkyl carbamates (subject to hydrolysis) is 1. The highest BCUT2D eigenvalue weighted by atomic mass is 16.7. The zero-order valence-electron chi connectivity index (χ0n) is 35.7. The van der Waals surface area contributed by atoms with Gasteiger partial charge in [-0.05, 0) is 83.2 Å². The van der Waals surface area contributed by atoms with E-state index in [9.17, 15) is 34.5 Å². The molecule has 1 amide bonds. The quantitative estimate of drug-likeness (QED) is 0.140. The van der Waals surface area contributed by atoms with Gasteiger partial charge in [0.15, 0.2) is 18.0 Å². The van der Waals surface area contributed by atoms with Gasteiger partial charge >= 0.3 is 24.0 Å². The lowest BCUT2D eigenvalue weighted by molar-refractivity contribution is -0.392. The standard InChI is InChI=1S/C44H61NO14/c1-12-30-55-28-19-29-44(21-53-29,58-24(5)46)34-36(57-37(49)25-16-14-13-15-17-25)43(41(9,10)52)20-27(23(4)31(43)33(48)35(56-30)42(28,34)11)54-38(50)32(47)26(18-22(2)3)45-39(51)59-40(6,7)8/h12-17,22,26-30,32-36,47-48,52H,1,18-21H2,2-11H3,(H,45,51)/t26-,27-,28-,29+,30?,32?,33-,34-,35-,36-,42+,43-,44-/m0/s1. The van der Waals surface area contributed by atoms with Gasteiger partial charge in [-0.15, -0.1) is 0 Å². The summed E-state index contributed by atoms with van der Waals surface area (Å²) in [5.74, 6) is -3.58. The van der Waals surface area contributed by atoms with Crippen molar-refractivity contribution in [3.63, 3.8) is 0 Å². The summed E-state index contributed by atoms with van der Waals surface area (Å²) in [5.41, 5.74) is -6.47. The number of rotatable bonds is 11. The highest BCUT2D eigenvalue weighted by Gasteiger charge is 2.80. The molecule has 1 aromatic carbocycles. The Kier molecular flexibility index (Phi) is 12.0. The van der Waals surface area contributed by atoms with Crippen LogP contribution in [0.25, 0.3) is 0 Å². The van der Waals surface area contributed by atoms with Crippen LogP contribution in [-0.2, 0) is 42.7 Å². The second kappa shape index (κ2) is 15.9. The number of nitrogens with one attached hydrogen (secondary N) is 1. The first-order valence-electron chi connectivity index (χ1n) is 20.4. The third-order valence-electron chi connectivity index (χ3n) is 13.0. The Morgan fingerprint density at radius 3 is 2.25 bits per heavy atom. The molecule has 5 aliphatic rings. The van der Waals surface area contributed by atoms with Crippen LogP contribution in [0.15, 0.2) is 54.1 Å². The lowest BCUT2D eigenvalue weighted by Crippen LogP contribution is -2.80. The molecule has 2 heterocycles. The molecule has 4 N–H and O–H groups in total. The lowest BCUT2D eigenvalue weighted by atomic mass is 9.49. The van der Waals surface area contributed by atoms with Gasteiger partial charge in [0.05, 0.1) is 47.4 Å². The van der Waals surface area contributed by atoms with Crippen LogP contribution in [0.1, 0.15) is 98.9 Å². The van der Waals surface area contributed by atoms with Crippen LogP contribution in [0, 0.1) is 22.7 Å². The number of hydrogen-bond acceptors (Lipinski definition) is 14. The maximum atomic E-state index is 14.4. The van der Waals surface area contributed by atoms with E-state index in [1.54, 1.807) is 58.0 Å². The molecule has 0 aromatic heterocycles. The van der Waals surface area contributed by atoms with Crippen molar-refractivity contribution in [2.45, 2.75) is 160 Å². The number of fused-ring (bicyclic) bond motifs is 3. The highest BCUT2D eigenvalue weighted by Crippen LogP contribution is 2.69. The Bertz CT molecular complexity index is 1830. The van der Waals surface area contributed by atoms with Gasteiger partial charge in [-0.2, -0.15) is 0 Å². The minimum absolute atomic E-state index is 0.0654. The minimum Gasteiger partial charge on any atom is -0.457 e. The van der Waals surface area contributed by atoms with Crippen LogP contribution in [0.4, 0.5) is 4.79 Å². The van der Waals surface area contributed by atoms with Crippen molar-refractivity contribution < 1.29 is 67.7 Å². The maximum absolute atomic E-state index is 14.4. The van der Waals surface area contributed by atoms with Crippen LogP contribution >= 0.6 is 0 Å². The maximum Gasteiger partial charge on any atom is 0.407 e. The third kappa shape index (κ3) is 7.71. The van der Waals surface area contributed by atoms with Crippen LogP contribution in [0.5, 0.6) is 0 Å². The lowest BCUT2D eigenvalue weighted by Gasteiger charge is -2.67. The molecule has 4 fully saturated rings. The smallest absolute Gasteiger partial charge is 0.407 e. The van der Waals surface area contributed by atoms with Crippen LogP contribution in [0.3, 0.4) is 0 Å². The van der Waals surface area contributed by atoms with Crippen molar-refractivity contribution in [3.05, 3.63) is 59.7 Å². The topological polar surface area (TPSA) is 206 Å². The summed E-state index contributed by atoms with van der Waals surface area (Å²) in [7, 11) is 0. The van der Waals surface area contributed by atoms with Crippen molar-refractivity contribution in [2.24, 2.45) is 22.7 Å². The van der Waals surface area contributed by atoms with E-state index in [2.05, 4.69) is 11.9 Å². The Balaban J connectivity index is 1.52. The van der Waals surface area contributed by atoms with E-state index in [1.807, 2.05) is 20.8 Å². The molecule has 2 aliphatic heterocycles. The van der Waals surface area contributed by atoms with Crippen LogP contribution in [0.2, 0.25) is 0 Å². The first-order chi connectivity index (χ1) is 27.4. The second-order valence-electron chi connectivity index (χ2n) is 18.9. The van der Waals surface area contributed by atoms with Gasteiger partial charge in [0.25, 0.3) is 0 Å². The number of aliphatic hydroxyl groups is 3. The van der Waals surface area contributed by atoms with Crippen molar-refractivity contribution in [3.8, 4) is 0 Å². The second-order valence-corrected chi connectivity index (χ2v) is 18.9. The number of carbonyl (C=O) groups excluding carboxylic acids is 4. The minimum atomic E-state index is -1.86. The molecule has 15 heteroatoms. The Labute approximate surface area is 345 Å². The van der Waals surface area contributed by atoms with Gasteiger partial charge in [-0.25, -0.2) is 14.4 Å². The number of amides is 1. The molecule has 6 rings (SSSR count). The van der Waals surface area contributed by atoms with Crippen molar-refractivity contribution in [1.29, 1.82) is 0 Å². The number of aliphatic hydroxyl groups excluding tert-OH is 2. The van der Waals surface area contributed by atoms with Crippen LogP contribution < -0.4 is 5.32 Å². The summed E-state index contributed by atoms with van der Waals surface area (Å²) in [6, 6.07) is 7.17. The van der Waals surface area contributed by atoms with Crippen molar-refractivity contribution >= 4 is 24.0 Å². The number of esters is 3. The fourth-order valence-corrected chi connectivity index (χ4v) is 10.6. The average molecular weight is 828 g/mol. The van der Waals surface area contributed by atoms with E-state index >= 15 is 0 Å². The molecule has 1 aromatic rings. The van der Waals surface area contributed by atoms with Gasteiger partial charge in [-0.1, -0.05) is 45.5 Å². The monoisotopic (exact) mass is 827 g/mol. The molecular formula is C44H61NO14. The fourth-order valence-electron chi connectivity index (χ4n) is 10.6. The first-order valence-corrected chi connectivity index (χ1v) is 20.4. The van der Waals surface area contributed by atoms with Gasteiger partial charge in [-0.3, -0.25) is 4.79 Å². The molecule has 3 aliphatic carbocycles. The summed E-state index contributed by atoms with van der Waals surface area (Å²) in [5, 5.41) is 39.7. The number of carbonyl (C=O) groups is 4. The molecule has 15 nitrogen and oxygen atoms in total. The highest BCUT2D eigenvalue weighted by molar-refractivity contribution is 5.89. The SMILES string of the molecule is C=CC1O[C@H]2C[C@H]3OC[C@@]3(OC(C)=O)[C@H]3[C@H](OC(=O)c4ccccc4)[C@]4(C(C)(C)O)C[C@H](OC(=O)C(O)[C@H](CC(C)C)NC(=O)OC(C)(C)C)C(C)=C4[C@H](O)[C@H](O1)[C@]23C. The zero-order valence-corrected chi connectivity index (χ0v) is 35.7. The molecule has 326 valence electrons. The van der Waals surface area contributed by atoms with E-state index in [-0.39, 0.29) is 42.9 Å². The summed E-state index contributed by atoms with van der Waals surface area (Å²) >= 11 is 0. The van der Waals surface area contributed by atoms with E-state index in [4.69, 9.17) is 33.2 Å². The van der Waals surface area contributed by atoms with E-state index in [1.165, 1.54) is 26.8 Å². The van der Waals surface area contributed by atoms with Crippen molar-refractivity contribution in [2.75, 3.05) is 6.61 Å². The Morgan fingerprint density at radius 2 is 1.71 bits per heavy atom. The number of ether oxygens (including phenoxy) is 7. The average Bonchev–Trinajstić information content (AvgIpc) is 3.39. The van der Waals surface area contributed by atoms with E-state index in [0.717, 1.165) is 0 Å².